The Balaban J connectivity index is 4.11. The topological polar surface area (TPSA) is 37.3 Å². The van der Waals surface area contributed by atoms with Crippen molar-refractivity contribution >= 4 is 5.97 Å². The van der Waals surface area contributed by atoms with E-state index in [9.17, 15) is 13.6 Å². The molecule has 0 aliphatic heterocycles. The fourth-order valence-corrected chi connectivity index (χ4v) is 0.508. The van der Waals surface area contributed by atoms with Crippen LogP contribution in [0.2, 0.25) is 0 Å². The molecule has 58 valence electrons. The zero-order valence-electron chi connectivity index (χ0n) is 5.53. The van der Waals surface area contributed by atoms with E-state index in [0.29, 0.717) is 0 Å². The largest absolute Gasteiger partial charge is 0.481 e. The molecule has 0 aliphatic rings. The summed E-state index contributed by atoms with van der Waals surface area (Å²) in [7, 11) is 0. The minimum absolute atomic E-state index is 0.0919. The van der Waals surface area contributed by atoms with Crippen LogP contribution in [0.5, 0.6) is 0 Å². The molecule has 2 nitrogen and oxygen atoms in total. The Bertz CT molecular complexity index is 159. The van der Waals surface area contributed by atoms with Crippen molar-refractivity contribution in [3.8, 4) is 0 Å². The second-order valence-corrected chi connectivity index (χ2v) is 1.79. The van der Waals surface area contributed by atoms with E-state index in [1.165, 1.54) is 6.92 Å². The maximum atomic E-state index is 11.7. The Morgan fingerprint density at radius 1 is 1.50 bits per heavy atom. The van der Waals surface area contributed by atoms with Crippen molar-refractivity contribution in [2.75, 3.05) is 0 Å². The van der Waals surface area contributed by atoms with Crippen LogP contribution in [0.4, 0.5) is 8.78 Å². The number of halogens is 2. The van der Waals surface area contributed by atoms with Crippen LogP contribution in [0.3, 0.4) is 0 Å². The van der Waals surface area contributed by atoms with Crippen LogP contribution in [-0.4, -0.2) is 11.1 Å². The Kier molecular flexibility index (Phi) is 3.61. The Morgan fingerprint density at radius 3 is 2.10 bits per heavy atom. The van der Waals surface area contributed by atoms with Gasteiger partial charge in [-0.25, -0.2) is 0 Å². The van der Waals surface area contributed by atoms with Crippen molar-refractivity contribution in [3.63, 3.8) is 0 Å². The lowest BCUT2D eigenvalue weighted by atomic mass is 10.1. The molecule has 0 saturated carbocycles. The third-order valence-electron chi connectivity index (χ3n) is 1.06. The summed E-state index contributed by atoms with van der Waals surface area (Å²) in [5.74, 6) is -1.22. The Hall–Kier alpha value is -0.930. The van der Waals surface area contributed by atoms with Crippen molar-refractivity contribution in [2.24, 2.45) is 0 Å². The lowest BCUT2D eigenvalue weighted by Crippen LogP contribution is -1.97. The quantitative estimate of drug-likeness (QED) is 0.668. The van der Waals surface area contributed by atoms with E-state index in [1.807, 2.05) is 0 Å². The van der Waals surface area contributed by atoms with E-state index < -0.39 is 18.5 Å². The van der Waals surface area contributed by atoms with E-state index in [2.05, 4.69) is 0 Å². The molecule has 0 unspecified atom stereocenters. The van der Waals surface area contributed by atoms with E-state index in [1.54, 1.807) is 0 Å². The van der Waals surface area contributed by atoms with E-state index >= 15 is 0 Å². The Labute approximate surface area is 57.2 Å². The van der Waals surface area contributed by atoms with Crippen LogP contribution in [-0.2, 0) is 4.79 Å². The van der Waals surface area contributed by atoms with E-state index in [0.717, 1.165) is 0 Å². The van der Waals surface area contributed by atoms with Gasteiger partial charge in [-0.1, -0.05) is 6.92 Å². The fourth-order valence-electron chi connectivity index (χ4n) is 0.508. The fraction of sp³-hybridized carbons (Fsp3) is 0.500. The number of hydrogen-bond acceptors (Lipinski definition) is 1. The number of rotatable bonds is 3. The summed E-state index contributed by atoms with van der Waals surface area (Å²) in [5.41, 5.74) is -0.299. The SMILES string of the molecule is CCC(CC(=O)O)=C(F)F. The van der Waals surface area contributed by atoms with E-state index in [4.69, 9.17) is 5.11 Å². The molecular weight excluding hydrogens is 142 g/mol. The molecule has 0 amide bonds. The van der Waals surface area contributed by atoms with E-state index in [-0.39, 0.29) is 12.0 Å². The zero-order chi connectivity index (χ0) is 8.15. The molecule has 0 bridgehead atoms. The number of aliphatic carboxylic acids is 1. The third kappa shape index (κ3) is 3.17. The van der Waals surface area contributed by atoms with Crippen LogP contribution in [0.1, 0.15) is 19.8 Å². The molecule has 1 N–H and O–H groups in total. The highest BCUT2D eigenvalue weighted by molar-refractivity contribution is 5.69. The van der Waals surface area contributed by atoms with Gasteiger partial charge in [0.25, 0.3) is 6.08 Å². The number of carboxylic acid groups (broad SMARTS) is 1. The van der Waals surface area contributed by atoms with Gasteiger partial charge in [-0.3, -0.25) is 4.79 Å². The molecular formula is C6H8F2O2. The molecule has 0 saturated heterocycles. The van der Waals surface area contributed by atoms with Gasteiger partial charge in [0.2, 0.25) is 0 Å². The molecule has 4 heteroatoms. The van der Waals surface area contributed by atoms with Gasteiger partial charge in [-0.05, 0) is 6.42 Å². The average molecular weight is 150 g/mol. The second kappa shape index (κ2) is 3.98. The van der Waals surface area contributed by atoms with Gasteiger partial charge in [-0.2, -0.15) is 8.78 Å². The van der Waals surface area contributed by atoms with Gasteiger partial charge in [0.15, 0.2) is 0 Å². The smallest absolute Gasteiger partial charge is 0.307 e. The van der Waals surface area contributed by atoms with Gasteiger partial charge in [0, 0.05) is 5.57 Å². The highest BCUT2D eigenvalue weighted by Crippen LogP contribution is 2.14. The molecule has 0 atom stereocenters. The van der Waals surface area contributed by atoms with Gasteiger partial charge in [0.1, 0.15) is 0 Å². The first-order valence-electron chi connectivity index (χ1n) is 2.82. The van der Waals surface area contributed by atoms with Crippen LogP contribution in [0, 0.1) is 0 Å². The maximum absolute atomic E-state index is 11.7. The average Bonchev–Trinajstić information content (AvgIpc) is 1.81. The van der Waals surface area contributed by atoms with Gasteiger partial charge < -0.3 is 5.11 Å². The predicted octanol–water partition coefficient (Wildman–Crippen LogP) is 2.02. The molecule has 0 fully saturated rings. The van der Waals surface area contributed by atoms with Crippen molar-refractivity contribution in [3.05, 3.63) is 11.7 Å². The second-order valence-electron chi connectivity index (χ2n) is 1.79. The molecule has 0 spiro atoms. The minimum Gasteiger partial charge on any atom is -0.481 e. The van der Waals surface area contributed by atoms with Crippen LogP contribution < -0.4 is 0 Å². The first kappa shape index (κ1) is 9.07. The molecule has 0 aromatic carbocycles. The molecule has 0 heterocycles. The standard InChI is InChI=1S/C6H8F2O2/c1-2-4(6(7)8)3-5(9)10/h2-3H2,1H3,(H,9,10). The van der Waals surface area contributed by atoms with Crippen LogP contribution in [0.25, 0.3) is 0 Å². The van der Waals surface area contributed by atoms with Crippen molar-refractivity contribution in [2.45, 2.75) is 19.8 Å². The van der Waals surface area contributed by atoms with Crippen molar-refractivity contribution in [1.29, 1.82) is 0 Å². The summed E-state index contributed by atoms with van der Waals surface area (Å²) >= 11 is 0. The first-order chi connectivity index (χ1) is 4.57. The van der Waals surface area contributed by atoms with Gasteiger partial charge in [0.05, 0.1) is 6.42 Å². The molecule has 0 aromatic heterocycles. The highest BCUT2D eigenvalue weighted by atomic mass is 19.3. The third-order valence-corrected chi connectivity index (χ3v) is 1.06. The van der Waals surface area contributed by atoms with Crippen LogP contribution >= 0.6 is 0 Å². The molecule has 0 radical (unpaired) electrons. The maximum Gasteiger partial charge on any atom is 0.307 e. The predicted molar refractivity (Wildman–Crippen MR) is 31.8 cm³/mol. The molecule has 10 heavy (non-hydrogen) atoms. The Morgan fingerprint density at radius 2 is 2.00 bits per heavy atom. The van der Waals surface area contributed by atoms with Crippen LogP contribution in [0.15, 0.2) is 11.7 Å². The summed E-state index contributed by atoms with van der Waals surface area (Å²) in [5, 5.41) is 8.10. The minimum atomic E-state index is -1.87. The van der Waals surface area contributed by atoms with Crippen molar-refractivity contribution < 1.29 is 18.7 Å². The molecule has 0 aliphatic carbocycles. The summed E-state index contributed by atoms with van der Waals surface area (Å²) < 4.78 is 23.4. The monoisotopic (exact) mass is 150 g/mol. The van der Waals surface area contributed by atoms with Gasteiger partial charge >= 0.3 is 5.97 Å². The molecule has 0 rings (SSSR count). The summed E-state index contributed by atoms with van der Waals surface area (Å²) in [6, 6.07) is 0. The summed E-state index contributed by atoms with van der Waals surface area (Å²) in [6.45, 7) is 1.50. The lowest BCUT2D eigenvalue weighted by molar-refractivity contribution is -0.136. The highest BCUT2D eigenvalue weighted by Gasteiger charge is 2.07. The first-order valence-corrected chi connectivity index (χ1v) is 2.82. The summed E-state index contributed by atoms with van der Waals surface area (Å²) in [6.07, 6.45) is -2.34. The van der Waals surface area contributed by atoms with Crippen molar-refractivity contribution in [1.82, 2.24) is 0 Å². The van der Waals surface area contributed by atoms with Gasteiger partial charge in [-0.15, -0.1) is 0 Å². The number of carboxylic acids is 1. The lowest BCUT2D eigenvalue weighted by Gasteiger charge is -1.96. The number of carbonyl (C=O) groups is 1. The normalized spacial score (nSPS) is 9.10. The molecule has 0 aromatic rings. The summed E-state index contributed by atoms with van der Waals surface area (Å²) in [4.78, 5) is 9.91. The number of hydrogen-bond donors (Lipinski definition) is 1. The zero-order valence-corrected chi connectivity index (χ0v) is 5.53.